The SMILES string of the molecule is COc1c(O)ccc(C=NNC(=O)COc2cccc(C)c2)c1[N+](=O)[O-]. The fourth-order valence-corrected chi connectivity index (χ4v) is 2.13. The van der Waals surface area contributed by atoms with Gasteiger partial charge in [-0.25, -0.2) is 5.43 Å². The van der Waals surface area contributed by atoms with Gasteiger partial charge in [-0.1, -0.05) is 12.1 Å². The zero-order chi connectivity index (χ0) is 19.1. The van der Waals surface area contributed by atoms with E-state index in [0.717, 1.165) is 11.8 Å². The number of nitrogens with one attached hydrogen (secondary N) is 1. The van der Waals surface area contributed by atoms with Gasteiger partial charge >= 0.3 is 5.69 Å². The number of hydrogen-bond acceptors (Lipinski definition) is 7. The zero-order valence-corrected chi connectivity index (χ0v) is 14.1. The number of phenolic OH excluding ortho intramolecular Hbond substituents is 1. The maximum atomic E-state index is 11.7. The lowest BCUT2D eigenvalue weighted by atomic mass is 10.1. The lowest BCUT2D eigenvalue weighted by Gasteiger charge is -2.06. The predicted molar refractivity (Wildman–Crippen MR) is 93.7 cm³/mol. The molecule has 0 aliphatic carbocycles. The second-order valence-corrected chi connectivity index (χ2v) is 5.21. The predicted octanol–water partition coefficient (Wildman–Crippen LogP) is 2.15. The number of carbonyl (C=O) groups excluding carboxylic acids is 1. The largest absolute Gasteiger partial charge is 0.504 e. The minimum absolute atomic E-state index is 0.0598. The third kappa shape index (κ3) is 4.69. The van der Waals surface area contributed by atoms with Crippen molar-refractivity contribution in [1.82, 2.24) is 5.43 Å². The van der Waals surface area contributed by atoms with Crippen molar-refractivity contribution in [2.45, 2.75) is 6.92 Å². The minimum atomic E-state index is -0.706. The van der Waals surface area contributed by atoms with Crippen LogP contribution in [0.5, 0.6) is 17.2 Å². The minimum Gasteiger partial charge on any atom is -0.504 e. The van der Waals surface area contributed by atoms with Crippen molar-refractivity contribution >= 4 is 17.8 Å². The Bertz CT molecular complexity index is 850. The Balaban J connectivity index is 2.01. The highest BCUT2D eigenvalue weighted by Crippen LogP contribution is 2.37. The molecule has 0 saturated heterocycles. The molecule has 0 bridgehead atoms. The van der Waals surface area contributed by atoms with E-state index in [1.54, 1.807) is 18.2 Å². The van der Waals surface area contributed by atoms with Gasteiger partial charge in [0.2, 0.25) is 5.75 Å². The van der Waals surface area contributed by atoms with E-state index in [0.29, 0.717) is 5.75 Å². The standard InChI is InChI=1S/C17H17N3O6/c1-11-4-3-5-13(8-11)26-10-15(22)19-18-9-12-6-7-14(21)17(25-2)16(12)20(23)24/h3-9,21H,10H2,1-2H3,(H,19,22). The second-order valence-electron chi connectivity index (χ2n) is 5.21. The molecule has 9 nitrogen and oxygen atoms in total. The van der Waals surface area contributed by atoms with Crippen molar-refractivity contribution in [2.24, 2.45) is 5.10 Å². The van der Waals surface area contributed by atoms with E-state index in [1.165, 1.54) is 19.2 Å². The average Bonchev–Trinajstić information content (AvgIpc) is 2.60. The number of rotatable bonds is 7. The molecule has 0 atom stereocenters. The number of amides is 1. The molecule has 1 amide bonds. The van der Waals surface area contributed by atoms with Gasteiger partial charge in [0, 0.05) is 0 Å². The lowest BCUT2D eigenvalue weighted by Crippen LogP contribution is -2.24. The topological polar surface area (TPSA) is 123 Å². The van der Waals surface area contributed by atoms with E-state index in [9.17, 15) is 20.0 Å². The molecule has 26 heavy (non-hydrogen) atoms. The van der Waals surface area contributed by atoms with E-state index in [1.807, 2.05) is 13.0 Å². The Morgan fingerprint density at radius 1 is 1.38 bits per heavy atom. The fourth-order valence-electron chi connectivity index (χ4n) is 2.13. The summed E-state index contributed by atoms with van der Waals surface area (Å²) < 4.78 is 10.2. The molecular formula is C17H17N3O6. The number of hydrogen-bond donors (Lipinski definition) is 2. The second kappa shape index (κ2) is 8.47. The molecule has 0 saturated carbocycles. The van der Waals surface area contributed by atoms with Gasteiger partial charge in [-0.15, -0.1) is 0 Å². The number of nitrogens with zero attached hydrogens (tertiary/aromatic N) is 2. The van der Waals surface area contributed by atoms with E-state index in [-0.39, 0.29) is 23.7 Å². The summed E-state index contributed by atoms with van der Waals surface area (Å²) in [5.74, 6) is -0.640. The molecule has 2 aromatic carbocycles. The van der Waals surface area contributed by atoms with Crippen molar-refractivity contribution in [3.8, 4) is 17.2 Å². The summed E-state index contributed by atoms with van der Waals surface area (Å²) in [7, 11) is 1.20. The third-order valence-electron chi connectivity index (χ3n) is 3.28. The molecule has 2 N–H and O–H groups in total. The van der Waals surface area contributed by atoms with Gasteiger partial charge < -0.3 is 14.6 Å². The number of carbonyl (C=O) groups is 1. The molecule has 0 fully saturated rings. The van der Waals surface area contributed by atoms with Gasteiger partial charge in [0.15, 0.2) is 12.4 Å². The van der Waals surface area contributed by atoms with Crippen LogP contribution in [0.2, 0.25) is 0 Å². The quantitative estimate of drug-likeness (QED) is 0.443. The van der Waals surface area contributed by atoms with Gasteiger partial charge in [-0.2, -0.15) is 5.10 Å². The highest BCUT2D eigenvalue weighted by Gasteiger charge is 2.23. The number of hydrazone groups is 1. The molecule has 2 aromatic rings. The van der Waals surface area contributed by atoms with Gasteiger partial charge in [0.05, 0.1) is 23.8 Å². The van der Waals surface area contributed by atoms with E-state index >= 15 is 0 Å². The van der Waals surface area contributed by atoms with Crippen LogP contribution < -0.4 is 14.9 Å². The molecular weight excluding hydrogens is 342 g/mol. The first kappa shape index (κ1) is 18.7. The lowest BCUT2D eigenvalue weighted by molar-refractivity contribution is -0.386. The van der Waals surface area contributed by atoms with Gasteiger partial charge in [0.25, 0.3) is 5.91 Å². The van der Waals surface area contributed by atoms with Gasteiger partial charge in [0.1, 0.15) is 5.75 Å². The monoisotopic (exact) mass is 359 g/mol. The number of phenols is 1. The van der Waals surface area contributed by atoms with E-state index in [2.05, 4.69) is 10.5 Å². The van der Waals surface area contributed by atoms with Crippen molar-refractivity contribution < 1.29 is 24.3 Å². The number of aromatic hydroxyl groups is 1. The van der Waals surface area contributed by atoms with Crippen molar-refractivity contribution in [1.29, 1.82) is 0 Å². The number of benzene rings is 2. The van der Waals surface area contributed by atoms with Gasteiger partial charge in [-0.05, 0) is 36.8 Å². The molecule has 136 valence electrons. The summed E-state index contributed by atoms with van der Waals surface area (Å²) in [4.78, 5) is 22.2. The molecule has 9 heteroatoms. The maximum absolute atomic E-state index is 11.7. The molecule has 2 rings (SSSR count). The van der Waals surface area contributed by atoms with Crippen LogP contribution in [-0.4, -0.2) is 35.9 Å². The number of nitro groups is 1. The molecule has 0 aliphatic rings. The Morgan fingerprint density at radius 3 is 2.81 bits per heavy atom. The summed E-state index contributed by atoms with van der Waals surface area (Å²) in [5, 5.41) is 24.5. The number of aryl methyl sites for hydroxylation is 1. The van der Waals surface area contributed by atoms with Crippen LogP contribution in [-0.2, 0) is 4.79 Å². The molecule has 0 spiro atoms. The summed E-state index contributed by atoms with van der Waals surface area (Å²) >= 11 is 0. The van der Waals surface area contributed by atoms with Crippen LogP contribution in [0, 0.1) is 17.0 Å². The number of methoxy groups -OCH3 is 1. The average molecular weight is 359 g/mol. The Morgan fingerprint density at radius 2 is 2.15 bits per heavy atom. The summed E-state index contributed by atoms with van der Waals surface area (Å²) in [6.07, 6.45) is 1.09. The van der Waals surface area contributed by atoms with Crippen molar-refractivity contribution in [3.63, 3.8) is 0 Å². The Kier molecular flexibility index (Phi) is 6.10. The third-order valence-corrected chi connectivity index (χ3v) is 3.28. The first-order valence-corrected chi connectivity index (χ1v) is 7.48. The maximum Gasteiger partial charge on any atom is 0.323 e. The van der Waals surface area contributed by atoms with E-state index < -0.39 is 16.5 Å². The zero-order valence-electron chi connectivity index (χ0n) is 14.1. The fraction of sp³-hybridized carbons (Fsp3) is 0.176. The summed E-state index contributed by atoms with van der Waals surface area (Å²) in [5.41, 5.74) is 2.81. The Hall–Kier alpha value is -3.62. The van der Waals surface area contributed by atoms with E-state index in [4.69, 9.17) is 9.47 Å². The molecule has 0 unspecified atom stereocenters. The van der Waals surface area contributed by atoms with Crippen LogP contribution in [0.4, 0.5) is 5.69 Å². The van der Waals surface area contributed by atoms with Gasteiger partial charge in [-0.3, -0.25) is 14.9 Å². The number of nitro benzene ring substituents is 1. The molecule has 0 aromatic heterocycles. The van der Waals surface area contributed by atoms with Crippen molar-refractivity contribution in [3.05, 3.63) is 57.6 Å². The summed E-state index contributed by atoms with van der Waals surface area (Å²) in [6, 6.07) is 9.72. The smallest absolute Gasteiger partial charge is 0.323 e. The summed E-state index contributed by atoms with van der Waals surface area (Å²) in [6.45, 7) is 1.64. The molecule has 0 radical (unpaired) electrons. The van der Waals surface area contributed by atoms with Crippen LogP contribution in [0.1, 0.15) is 11.1 Å². The molecule has 0 heterocycles. The van der Waals surface area contributed by atoms with Crippen molar-refractivity contribution in [2.75, 3.05) is 13.7 Å². The van der Waals surface area contributed by atoms with Crippen LogP contribution in [0.25, 0.3) is 0 Å². The highest BCUT2D eigenvalue weighted by molar-refractivity contribution is 5.89. The first-order valence-electron chi connectivity index (χ1n) is 7.48. The van der Waals surface area contributed by atoms with Crippen LogP contribution in [0.3, 0.4) is 0 Å². The molecule has 0 aliphatic heterocycles. The normalized spacial score (nSPS) is 10.5. The first-order chi connectivity index (χ1) is 12.4. The Labute approximate surface area is 149 Å². The highest BCUT2D eigenvalue weighted by atomic mass is 16.6. The number of ether oxygens (including phenoxy) is 2. The van der Waals surface area contributed by atoms with Crippen LogP contribution in [0.15, 0.2) is 41.5 Å². The van der Waals surface area contributed by atoms with Crippen LogP contribution >= 0.6 is 0 Å².